The molecule has 0 aliphatic heterocycles. The molecule has 2 aromatic carbocycles. The molecule has 0 radical (unpaired) electrons. The van der Waals surface area contributed by atoms with Crippen LogP contribution in [0.15, 0.2) is 66.9 Å². The fourth-order valence-electron chi connectivity index (χ4n) is 3.11. The molecular weight excluding hydrogens is 350 g/mol. The molecule has 144 valence electrons. The van der Waals surface area contributed by atoms with Crippen molar-refractivity contribution in [3.8, 4) is 5.75 Å². The van der Waals surface area contributed by atoms with Crippen molar-refractivity contribution in [1.82, 2.24) is 15.2 Å². The van der Waals surface area contributed by atoms with Crippen LogP contribution in [0.4, 0.5) is 0 Å². The summed E-state index contributed by atoms with van der Waals surface area (Å²) in [5, 5.41) is 4.04. The Kier molecular flexibility index (Phi) is 6.40. The summed E-state index contributed by atoms with van der Waals surface area (Å²) in [5.74, 6) is 0.685. The smallest absolute Gasteiger partial charge is 0.244 e. The lowest BCUT2D eigenvalue weighted by Crippen LogP contribution is -2.33. The second-order valence-electron chi connectivity index (χ2n) is 6.75. The van der Waals surface area contributed by atoms with Gasteiger partial charge in [0.1, 0.15) is 5.75 Å². The molecule has 1 amide bonds. The monoisotopic (exact) mass is 375 g/mol. The molecule has 0 aliphatic rings. The number of nitrogens with one attached hydrogen (secondary N) is 1. The molecule has 0 spiro atoms. The van der Waals surface area contributed by atoms with E-state index in [-0.39, 0.29) is 11.9 Å². The van der Waals surface area contributed by atoms with Gasteiger partial charge in [-0.2, -0.15) is 0 Å². The maximum absolute atomic E-state index is 12.4. The Morgan fingerprint density at radius 2 is 1.89 bits per heavy atom. The molecular formula is C23H25N3O2. The molecule has 1 atom stereocenters. The van der Waals surface area contributed by atoms with Crippen molar-refractivity contribution in [1.29, 1.82) is 0 Å². The third kappa shape index (κ3) is 4.75. The van der Waals surface area contributed by atoms with Gasteiger partial charge in [0.25, 0.3) is 0 Å². The Balaban J connectivity index is 1.66. The lowest BCUT2D eigenvalue weighted by Gasteiger charge is -2.25. The molecule has 5 heteroatoms. The number of nitrogens with zero attached hydrogens (tertiary/aromatic N) is 2. The van der Waals surface area contributed by atoms with Crippen LogP contribution in [0.5, 0.6) is 5.75 Å². The van der Waals surface area contributed by atoms with Gasteiger partial charge in [-0.25, -0.2) is 0 Å². The summed E-state index contributed by atoms with van der Waals surface area (Å²) in [7, 11) is 5.65. The van der Waals surface area contributed by atoms with Crippen molar-refractivity contribution in [2.45, 2.75) is 6.04 Å². The summed E-state index contributed by atoms with van der Waals surface area (Å²) in [6, 6.07) is 17.8. The van der Waals surface area contributed by atoms with E-state index in [1.807, 2.05) is 74.8 Å². The maximum atomic E-state index is 12.4. The van der Waals surface area contributed by atoms with Gasteiger partial charge in [-0.3, -0.25) is 9.78 Å². The zero-order valence-electron chi connectivity index (χ0n) is 16.4. The van der Waals surface area contributed by atoms with Crippen molar-refractivity contribution in [2.75, 3.05) is 27.7 Å². The van der Waals surface area contributed by atoms with Gasteiger partial charge >= 0.3 is 0 Å². The fraction of sp³-hybridized carbons (Fsp3) is 0.217. The molecule has 0 bridgehead atoms. The minimum Gasteiger partial charge on any atom is -0.497 e. The first kappa shape index (κ1) is 19.6. The predicted molar refractivity (Wildman–Crippen MR) is 113 cm³/mol. The summed E-state index contributed by atoms with van der Waals surface area (Å²) in [4.78, 5) is 18.8. The number of amides is 1. The molecule has 1 aromatic heterocycles. The first-order valence-corrected chi connectivity index (χ1v) is 9.18. The van der Waals surface area contributed by atoms with Gasteiger partial charge in [-0.05, 0) is 43.9 Å². The lowest BCUT2D eigenvalue weighted by molar-refractivity contribution is -0.116. The van der Waals surface area contributed by atoms with Crippen molar-refractivity contribution in [2.24, 2.45) is 0 Å². The largest absolute Gasteiger partial charge is 0.497 e. The van der Waals surface area contributed by atoms with Crippen LogP contribution in [0.1, 0.15) is 17.2 Å². The topological polar surface area (TPSA) is 54.5 Å². The average Bonchev–Trinajstić information content (AvgIpc) is 2.72. The van der Waals surface area contributed by atoms with Crippen LogP contribution in [0.3, 0.4) is 0 Å². The summed E-state index contributed by atoms with van der Waals surface area (Å²) in [6.07, 6.45) is 5.13. The van der Waals surface area contributed by atoms with Gasteiger partial charge in [0.2, 0.25) is 5.91 Å². The highest BCUT2D eigenvalue weighted by Gasteiger charge is 2.14. The lowest BCUT2D eigenvalue weighted by atomic mass is 10.1. The Hall–Kier alpha value is -3.18. The zero-order valence-corrected chi connectivity index (χ0v) is 16.4. The van der Waals surface area contributed by atoms with Crippen LogP contribution in [-0.2, 0) is 4.79 Å². The number of benzene rings is 2. The van der Waals surface area contributed by atoms with Crippen LogP contribution < -0.4 is 10.1 Å². The van der Waals surface area contributed by atoms with Gasteiger partial charge in [-0.15, -0.1) is 0 Å². The Labute approximate surface area is 165 Å². The number of hydrogen-bond donors (Lipinski definition) is 1. The number of para-hydroxylation sites is 1. The van der Waals surface area contributed by atoms with E-state index in [2.05, 4.69) is 15.2 Å². The van der Waals surface area contributed by atoms with Crippen LogP contribution >= 0.6 is 0 Å². The van der Waals surface area contributed by atoms with Crippen molar-refractivity contribution in [3.05, 3.63) is 78.0 Å². The number of rotatable bonds is 7. The molecule has 5 nitrogen and oxygen atoms in total. The second-order valence-corrected chi connectivity index (χ2v) is 6.75. The Morgan fingerprint density at radius 3 is 2.61 bits per heavy atom. The predicted octanol–water partition coefficient (Wildman–Crippen LogP) is 3.68. The van der Waals surface area contributed by atoms with Crippen LogP contribution in [0.2, 0.25) is 0 Å². The van der Waals surface area contributed by atoms with E-state index < -0.39 is 0 Å². The number of likely N-dealkylation sites (N-methyl/N-ethyl adjacent to an activating group) is 1. The molecule has 0 aliphatic carbocycles. The molecule has 1 unspecified atom stereocenters. The minimum atomic E-state index is -0.131. The third-order valence-corrected chi connectivity index (χ3v) is 4.67. The number of carbonyl (C=O) groups excluding carboxylic acids is 1. The first-order chi connectivity index (χ1) is 13.6. The summed E-state index contributed by atoms with van der Waals surface area (Å²) in [5.41, 5.74) is 2.93. The molecule has 0 saturated heterocycles. The van der Waals surface area contributed by atoms with E-state index >= 15 is 0 Å². The second kappa shape index (κ2) is 9.15. The normalized spacial score (nSPS) is 12.4. The highest BCUT2D eigenvalue weighted by molar-refractivity contribution is 5.95. The molecule has 1 N–H and O–H groups in total. The number of aromatic nitrogens is 1. The highest BCUT2D eigenvalue weighted by atomic mass is 16.5. The fourth-order valence-corrected chi connectivity index (χ4v) is 3.11. The molecule has 3 aromatic rings. The maximum Gasteiger partial charge on any atom is 0.244 e. The highest BCUT2D eigenvalue weighted by Crippen LogP contribution is 2.21. The number of ether oxygens (including phenoxy) is 1. The number of methoxy groups -OCH3 is 1. The quantitative estimate of drug-likeness (QED) is 0.640. The summed E-state index contributed by atoms with van der Waals surface area (Å²) >= 11 is 0. The van der Waals surface area contributed by atoms with Gasteiger partial charge in [0, 0.05) is 29.8 Å². The van der Waals surface area contributed by atoms with E-state index in [4.69, 9.17) is 4.74 Å². The molecule has 3 rings (SSSR count). The van der Waals surface area contributed by atoms with Gasteiger partial charge in [0.05, 0.1) is 18.7 Å². The van der Waals surface area contributed by atoms with E-state index in [1.54, 1.807) is 19.4 Å². The summed E-state index contributed by atoms with van der Waals surface area (Å²) in [6.45, 7) is 0.510. The number of hydrogen-bond acceptors (Lipinski definition) is 4. The van der Waals surface area contributed by atoms with E-state index in [9.17, 15) is 4.79 Å². The van der Waals surface area contributed by atoms with Gasteiger partial charge in [0.15, 0.2) is 0 Å². The Morgan fingerprint density at radius 1 is 1.14 bits per heavy atom. The van der Waals surface area contributed by atoms with E-state index in [0.29, 0.717) is 6.54 Å². The molecule has 28 heavy (non-hydrogen) atoms. The minimum absolute atomic E-state index is 0.0717. The summed E-state index contributed by atoms with van der Waals surface area (Å²) < 4.78 is 5.21. The van der Waals surface area contributed by atoms with E-state index in [0.717, 1.165) is 27.8 Å². The SMILES string of the molecule is COc1ccc(C(CNC(=O)/C=C/c2cccc3cccnc23)N(C)C)cc1. The molecule has 0 saturated carbocycles. The average molecular weight is 375 g/mol. The Bertz CT molecular complexity index is 960. The van der Waals surface area contributed by atoms with Crippen LogP contribution in [0.25, 0.3) is 17.0 Å². The van der Waals surface area contributed by atoms with Crippen molar-refractivity contribution >= 4 is 22.9 Å². The van der Waals surface area contributed by atoms with Gasteiger partial charge in [-0.1, -0.05) is 36.4 Å². The van der Waals surface area contributed by atoms with Crippen molar-refractivity contribution < 1.29 is 9.53 Å². The number of carbonyl (C=O) groups is 1. The van der Waals surface area contributed by atoms with Crippen LogP contribution in [0, 0.1) is 0 Å². The third-order valence-electron chi connectivity index (χ3n) is 4.67. The van der Waals surface area contributed by atoms with Crippen LogP contribution in [-0.4, -0.2) is 43.5 Å². The number of pyridine rings is 1. The molecule has 0 fully saturated rings. The van der Waals surface area contributed by atoms with Crippen molar-refractivity contribution in [3.63, 3.8) is 0 Å². The first-order valence-electron chi connectivity index (χ1n) is 9.18. The standard InChI is InChI=1S/C23H25N3O2/c1-26(2)21(17-9-12-20(28-3)13-10-17)16-25-22(27)14-11-19-7-4-6-18-8-5-15-24-23(18)19/h4-15,21H,16H2,1-3H3,(H,25,27)/b14-11+. The van der Waals surface area contributed by atoms with E-state index in [1.165, 1.54) is 0 Å². The zero-order chi connectivity index (χ0) is 19.9. The van der Waals surface area contributed by atoms with Gasteiger partial charge < -0.3 is 15.0 Å². The molecule has 1 heterocycles. The number of fused-ring (bicyclic) bond motifs is 1.